The first-order valence-corrected chi connectivity index (χ1v) is 12.4. The molecule has 200 valence electrons. The van der Waals surface area contributed by atoms with Gasteiger partial charge in [0, 0.05) is 42.5 Å². The lowest BCUT2D eigenvalue weighted by Gasteiger charge is -2.47. The molecule has 3 N–H and O–H groups in total. The van der Waals surface area contributed by atoms with Gasteiger partial charge in [0.1, 0.15) is 0 Å². The van der Waals surface area contributed by atoms with Gasteiger partial charge in [-0.1, -0.05) is 6.07 Å². The number of ether oxygens (including phenoxy) is 1. The number of rotatable bonds is 8. The molecule has 0 bridgehead atoms. The summed E-state index contributed by atoms with van der Waals surface area (Å²) in [6.07, 6.45) is -0.944. The van der Waals surface area contributed by atoms with Crippen LogP contribution in [0.3, 0.4) is 0 Å². The van der Waals surface area contributed by atoms with E-state index in [4.69, 9.17) is 4.74 Å². The van der Waals surface area contributed by atoms with Crippen molar-refractivity contribution in [3.63, 3.8) is 0 Å². The SMILES string of the molecule is CCOc1ccc(C2(O)CCC(N(C(=O)CNC(=O)c3cccc(C(F)(F)F)c3)C3CNC3)CC2)cn1. The Kier molecular flexibility index (Phi) is 8.03. The predicted molar refractivity (Wildman–Crippen MR) is 129 cm³/mol. The largest absolute Gasteiger partial charge is 0.478 e. The van der Waals surface area contributed by atoms with E-state index in [0.717, 1.165) is 18.2 Å². The van der Waals surface area contributed by atoms with Crippen LogP contribution in [0, 0.1) is 0 Å². The molecule has 1 aromatic heterocycles. The Labute approximate surface area is 213 Å². The van der Waals surface area contributed by atoms with Crippen LogP contribution < -0.4 is 15.4 Å². The maximum absolute atomic E-state index is 13.2. The van der Waals surface area contributed by atoms with E-state index in [1.165, 1.54) is 6.07 Å². The monoisotopic (exact) mass is 520 g/mol. The molecule has 1 saturated carbocycles. The highest BCUT2D eigenvalue weighted by atomic mass is 19.4. The van der Waals surface area contributed by atoms with Crippen molar-refractivity contribution in [1.29, 1.82) is 0 Å². The van der Waals surface area contributed by atoms with Gasteiger partial charge < -0.3 is 25.4 Å². The second-order valence-corrected chi connectivity index (χ2v) is 9.46. The Hall–Kier alpha value is -3.18. The molecule has 1 aliphatic heterocycles. The third kappa shape index (κ3) is 6.22. The summed E-state index contributed by atoms with van der Waals surface area (Å²) in [6.45, 7) is 3.29. The van der Waals surface area contributed by atoms with Crippen molar-refractivity contribution in [3.05, 3.63) is 59.3 Å². The van der Waals surface area contributed by atoms with Crippen LogP contribution in [0.4, 0.5) is 13.2 Å². The molecule has 2 amide bonds. The quantitative estimate of drug-likeness (QED) is 0.495. The highest BCUT2D eigenvalue weighted by Crippen LogP contribution is 2.39. The first-order valence-electron chi connectivity index (χ1n) is 12.4. The first kappa shape index (κ1) is 26.9. The van der Waals surface area contributed by atoms with Crippen molar-refractivity contribution < 1.29 is 32.6 Å². The molecule has 2 aliphatic rings. The lowest BCUT2D eigenvalue weighted by Crippen LogP contribution is -2.63. The summed E-state index contributed by atoms with van der Waals surface area (Å²) in [5, 5.41) is 16.9. The second-order valence-electron chi connectivity index (χ2n) is 9.46. The normalized spacial score (nSPS) is 22.1. The van der Waals surface area contributed by atoms with Gasteiger partial charge in [0.2, 0.25) is 11.8 Å². The molecule has 1 saturated heterocycles. The number of hydrogen-bond acceptors (Lipinski definition) is 6. The number of aromatic nitrogens is 1. The molecule has 8 nitrogen and oxygen atoms in total. The minimum atomic E-state index is -4.57. The molecule has 0 atom stereocenters. The molecule has 0 spiro atoms. The Morgan fingerprint density at radius 1 is 1.19 bits per heavy atom. The van der Waals surface area contributed by atoms with E-state index in [1.807, 2.05) is 6.92 Å². The fourth-order valence-corrected chi connectivity index (χ4v) is 4.90. The average molecular weight is 521 g/mol. The summed E-state index contributed by atoms with van der Waals surface area (Å²) >= 11 is 0. The van der Waals surface area contributed by atoms with Crippen LogP contribution in [0.2, 0.25) is 0 Å². The summed E-state index contributed by atoms with van der Waals surface area (Å²) in [5.74, 6) is -0.554. The minimum absolute atomic E-state index is 0.0405. The van der Waals surface area contributed by atoms with E-state index in [1.54, 1.807) is 23.2 Å². The molecule has 11 heteroatoms. The molecule has 1 aromatic carbocycles. The Bertz CT molecular complexity index is 1100. The van der Waals surface area contributed by atoms with Crippen LogP contribution in [-0.2, 0) is 16.6 Å². The van der Waals surface area contributed by atoms with Crippen LogP contribution in [-0.4, -0.2) is 65.1 Å². The average Bonchev–Trinajstić information content (AvgIpc) is 2.85. The van der Waals surface area contributed by atoms with Crippen molar-refractivity contribution in [2.45, 2.75) is 56.5 Å². The van der Waals surface area contributed by atoms with Crippen molar-refractivity contribution in [3.8, 4) is 5.88 Å². The summed E-state index contributed by atoms with van der Waals surface area (Å²) in [5.41, 5.74) is -1.44. The fourth-order valence-electron chi connectivity index (χ4n) is 4.90. The number of carbonyl (C=O) groups is 2. The first-order chi connectivity index (χ1) is 17.6. The topological polar surface area (TPSA) is 104 Å². The number of nitrogens with one attached hydrogen (secondary N) is 2. The van der Waals surface area contributed by atoms with Gasteiger partial charge in [-0.05, 0) is 56.9 Å². The third-order valence-electron chi connectivity index (χ3n) is 7.04. The number of alkyl halides is 3. The van der Waals surface area contributed by atoms with Gasteiger partial charge in [0.25, 0.3) is 5.91 Å². The lowest BCUT2D eigenvalue weighted by atomic mass is 9.77. The number of pyridine rings is 1. The summed E-state index contributed by atoms with van der Waals surface area (Å²) in [6, 6.07) is 7.47. The van der Waals surface area contributed by atoms with E-state index in [9.17, 15) is 27.9 Å². The van der Waals surface area contributed by atoms with Crippen LogP contribution in [0.15, 0.2) is 42.6 Å². The molecule has 37 heavy (non-hydrogen) atoms. The molecular formula is C26H31F3N4O4. The second kappa shape index (κ2) is 11.1. The lowest BCUT2D eigenvalue weighted by molar-refractivity contribution is -0.139. The zero-order valence-electron chi connectivity index (χ0n) is 20.6. The van der Waals surface area contributed by atoms with E-state index in [-0.39, 0.29) is 30.1 Å². The van der Waals surface area contributed by atoms with Gasteiger partial charge >= 0.3 is 6.18 Å². The van der Waals surface area contributed by atoms with E-state index in [2.05, 4.69) is 15.6 Å². The van der Waals surface area contributed by atoms with E-state index in [0.29, 0.717) is 56.8 Å². The summed E-state index contributed by atoms with van der Waals surface area (Å²) in [7, 11) is 0. The summed E-state index contributed by atoms with van der Waals surface area (Å²) < 4.78 is 44.3. The zero-order valence-corrected chi connectivity index (χ0v) is 20.6. The van der Waals surface area contributed by atoms with E-state index < -0.39 is 23.2 Å². The number of hydrogen-bond donors (Lipinski definition) is 3. The molecule has 0 unspecified atom stereocenters. The van der Waals surface area contributed by atoms with Gasteiger partial charge in [0.15, 0.2) is 0 Å². The van der Waals surface area contributed by atoms with Crippen LogP contribution in [0.1, 0.15) is 54.1 Å². The number of carbonyl (C=O) groups excluding carboxylic acids is 2. The van der Waals surface area contributed by atoms with Crippen molar-refractivity contribution in [1.82, 2.24) is 20.5 Å². The zero-order chi connectivity index (χ0) is 26.6. The predicted octanol–water partition coefficient (Wildman–Crippen LogP) is 2.86. The van der Waals surface area contributed by atoms with Gasteiger partial charge in [-0.3, -0.25) is 9.59 Å². The third-order valence-corrected chi connectivity index (χ3v) is 7.04. The standard InChI is InChI=1S/C26H31F3N4O4/c1-2-37-22-7-6-19(13-31-22)25(36)10-8-20(9-11-25)33(21-14-30-15-21)23(34)16-32-24(35)17-4-3-5-18(12-17)26(27,28)29/h3-7,12-13,20-21,30,36H,2,8-11,14-16H2,1H3,(H,32,35). The van der Waals surface area contributed by atoms with Gasteiger partial charge in [-0.15, -0.1) is 0 Å². The smallest absolute Gasteiger partial charge is 0.416 e. The minimum Gasteiger partial charge on any atom is -0.478 e. The number of benzene rings is 1. The van der Waals surface area contributed by atoms with Crippen LogP contribution in [0.5, 0.6) is 5.88 Å². The van der Waals surface area contributed by atoms with Crippen molar-refractivity contribution in [2.24, 2.45) is 0 Å². The van der Waals surface area contributed by atoms with E-state index >= 15 is 0 Å². The maximum atomic E-state index is 13.2. The maximum Gasteiger partial charge on any atom is 0.416 e. The highest BCUT2D eigenvalue weighted by molar-refractivity contribution is 5.96. The number of aliphatic hydroxyl groups is 1. The molecule has 2 heterocycles. The molecule has 1 aliphatic carbocycles. The van der Waals surface area contributed by atoms with Crippen LogP contribution in [0.25, 0.3) is 0 Å². The molecule has 4 rings (SSSR count). The van der Waals surface area contributed by atoms with Crippen LogP contribution >= 0.6 is 0 Å². The molecule has 2 fully saturated rings. The number of amides is 2. The van der Waals surface area contributed by atoms with Crippen molar-refractivity contribution >= 4 is 11.8 Å². The molecule has 2 aromatic rings. The molecular weight excluding hydrogens is 489 g/mol. The number of halogens is 3. The Morgan fingerprint density at radius 2 is 1.92 bits per heavy atom. The van der Waals surface area contributed by atoms with Gasteiger partial charge in [-0.25, -0.2) is 4.98 Å². The highest BCUT2D eigenvalue weighted by Gasteiger charge is 2.41. The van der Waals surface area contributed by atoms with Gasteiger partial charge in [-0.2, -0.15) is 13.2 Å². The summed E-state index contributed by atoms with van der Waals surface area (Å²) in [4.78, 5) is 31.7. The Balaban J connectivity index is 1.38. The van der Waals surface area contributed by atoms with Crippen molar-refractivity contribution in [2.75, 3.05) is 26.2 Å². The Morgan fingerprint density at radius 3 is 2.49 bits per heavy atom. The molecule has 0 radical (unpaired) electrons. The number of nitrogens with zero attached hydrogens (tertiary/aromatic N) is 2. The van der Waals surface area contributed by atoms with Gasteiger partial charge in [0.05, 0.1) is 30.4 Å². The fraction of sp³-hybridized carbons (Fsp3) is 0.500.